The van der Waals surface area contributed by atoms with Gasteiger partial charge >= 0.3 is 5.97 Å². The Hall–Kier alpha value is -8.85. The minimum absolute atomic E-state index is 0.401. The standard InChI is InChI=1S/C63H52N4O4/c1-3-70-61-64-57-40-24-39-56(60(68)69-2)58(57)67(61)45-46-41-43-47(44-42-46)54-37-22-23-38-55(54)59(65-62(48-25-10-4-11-26-48,49-27-12-5-13-28-49)50-29-14-6-15-30-50)66-71-63(51-31-16-7-17-32-51,52-33-18-8-19-34-52)53-35-20-9-21-36-53/h4-44H,3,45H2,1-2H3,(H,65,66). The zero-order valence-electron chi connectivity index (χ0n) is 39.6. The molecule has 0 fully saturated rings. The van der Waals surface area contributed by atoms with Crippen LogP contribution in [0.25, 0.3) is 22.2 Å². The monoisotopic (exact) mass is 928 g/mol. The molecule has 8 heteroatoms. The summed E-state index contributed by atoms with van der Waals surface area (Å²) < 4.78 is 13.1. The van der Waals surface area contributed by atoms with Gasteiger partial charge in [0.25, 0.3) is 6.01 Å². The Morgan fingerprint density at radius 2 is 0.986 bits per heavy atom. The fraction of sp³-hybridized carbons (Fsp3) is 0.0952. The van der Waals surface area contributed by atoms with Gasteiger partial charge in [0.1, 0.15) is 5.54 Å². The molecule has 0 saturated heterocycles. The maximum atomic E-state index is 13.0. The van der Waals surface area contributed by atoms with Crippen molar-refractivity contribution in [3.63, 3.8) is 0 Å². The van der Waals surface area contributed by atoms with Crippen molar-refractivity contribution < 1.29 is 19.1 Å². The summed E-state index contributed by atoms with van der Waals surface area (Å²) in [6.45, 7) is 2.73. The smallest absolute Gasteiger partial charge is 0.340 e. The molecule has 0 saturated carbocycles. The van der Waals surface area contributed by atoms with Crippen LogP contribution in [0.5, 0.6) is 6.01 Å². The second-order valence-electron chi connectivity index (χ2n) is 17.1. The van der Waals surface area contributed by atoms with Gasteiger partial charge in [0.05, 0.1) is 36.9 Å². The molecule has 1 heterocycles. The van der Waals surface area contributed by atoms with Crippen LogP contribution in [0.1, 0.15) is 61.8 Å². The lowest BCUT2D eigenvalue weighted by atomic mass is 9.77. The van der Waals surface area contributed by atoms with Crippen LogP contribution >= 0.6 is 0 Å². The highest BCUT2D eigenvalue weighted by atomic mass is 16.7. The van der Waals surface area contributed by atoms with E-state index >= 15 is 0 Å². The molecule has 0 aliphatic rings. The second kappa shape index (κ2) is 20.8. The zero-order valence-corrected chi connectivity index (χ0v) is 39.6. The van der Waals surface area contributed by atoms with Crippen LogP contribution in [0.3, 0.4) is 0 Å². The molecule has 8 nitrogen and oxygen atoms in total. The largest absolute Gasteiger partial charge is 0.465 e. The molecule has 0 spiro atoms. The maximum absolute atomic E-state index is 13.0. The van der Waals surface area contributed by atoms with Gasteiger partial charge in [0, 0.05) is 5.56 Å². The van der Waals surface area contributed by atoms with Crippen molar-refractivity contribution in [1.29, 1.82) is 0 Å². The van der Waals surface area contributed by atoms with E-state index in [2.05, 4.69) is 151 Å². The van der Waals surface area contributed by atoms with Gasteiger partial charge in [-0.25, -0.2) is 15.3 Å². The first-order chi connectivity index (χ1) is 35.0. The minimum Gasteiger partial charge on any atom is -0.465 e. The van der Waals surface area contributed by atoms with E-state index < -0.39 is 17.1 Å². The van der Waals surface area contributed by atoms with Crippen LogP contribution in [0.2, 0.25) is 0 Å². The topological polar surface area (TPSA) is 87.0 Å². The summed E-state index contributed by atoms with van der Waals surface area (Å²) >= 11 is 0. The van der Waals surface area contributed by atoms with Gasteiger partial charge in [-0.1, -0.05) is 237 Å². The Kier molecular flexibility index (Phi) is 13.4. The Labute approximate surface area is 414 Å². The van der Waals surface area contributed by atoms with E-state index in [1.807, 2.05) is 102 Å². The van der Waals surface area contributed by atoms with E-state index in [0.717, 1.165) is 55.6 Å². The molecule has 0 unspecified atom stereocenters. The Morgan fingerprint density at radius 3 is 1.46 bits per heavy atom. The molecule has 348 valence electrons. The van der Waals surface area contributed by atoms with Crippen LogP contribution in [-0.4, -0.2) is 35.1 Å². The molecule has 10 rings (SSSR count). The number of para-hydroxylation sites is 1. The summed E-state index contributed by atoms with van der Waals surface area (Å²) in [6.07, 6.45) is 0. The van der Waals surface area contributed by atoms with Crippen molar-refractivity contribution >= 4 is 22.8 Å². The van der Waals surface area contributed by atoms with Crippen molar-refractivity contribution in [2.75, 3.05) is 13.7 Å². The number of benzene rings is 9. The quantitative estimate of drug-likeness (QED) is 0.0341. The number of amidine groups is 1. The van der Waals surface area contributed by atoms with E-state index in [0.29, 0.717) is 41.6 Å². The van der Waals surface area contributed by atoms with Crippen LogP contribution in [0.4, 0.5) is 0 Å². The molecule has 0 aliphatic carbocycles. The van der Waals surface area contributed by atoms with E-state index in [-0.39, 0.29) is 0 Å². The molecule has 0 radical (unpaired) electrons. The summed E-state index contributed by atoms with van der Waals surface area (Å²) in [5.74, 6) is 0.0705. The molecule has 0 amide bonds. The number of nitrogens with one attached hydrogen (secondary N) is 1. The molecule has 0 aliphatic heterocycles. The lowest BCUT2D eigenvalue weighted by Crippen LogP contribution is -2.42. The summed E-state index contributed by atoms with van der Waals surface area (Å²) in [5, 5.41) is 0. The number of fused-ring (bicyclic) bond motifs is 1. The first-order valence-electron chi connectivity index (χ1n) is 23.8. The molecular formula is C63H52N4O4. The molecule has 1 aromatic heterocycles. The third kappa shape index (κ3) is 9.00. The number of hydrogen-bond acceptors (Lipinski definition) is 6. The van der Waals surface area contributed by atoms with Crippen molar-refractivity contribution in [1.82, 2.24) is 15.0 Å². The number of nitrogens with zero attached hydrogens (tertiary/aromatic N) is 3. The lowest BCUT2D eigenvalue weighted by Gasteiger charge is -2.37. The summed E-state index contributed by atoms with van der Waals surface area (Å²) in [6, 6.07) is 84.9. The van der Waals surface area contributed by atoms with Gasteiger partial charge in [0.2, 0.25) is 0 Å². The van der Waals surface area contributed by atoms with Crippen molar-refractivity contribution in [2.45, 2.75) is 24.6 Å². The van der Waals surface area contributed by atoms with E-state index in [4.69, 9.17) is 24.3 Å². The Balaban J connectivity index is 1.17. The highest BCUT2D eigenvalue weighted by Gasteiger charge is 2.41. The average Bonchev–Trinajstić information content (AvgIpc) is 3.80. The second-order valence-corrected chi connectivity index (χ2v) is 17.1. The maximum Gasteiger partial charge on any atom is 0.340 e. The van der Waals surface area contributed by atoms with Crippen LogP contribution in [0, 0.1) is 0 Å². The van der Waals surface area contributed by atoms with E-state index in [9.17, 15) is 4.79 Å². The molecule has 0 bridgehead atoms. The van der Waals surface area contributed by atoms with Crippen LogP contribution in [0.15, 0.2) is 254 Å². The third-order valence-corrected chi connectivity index (χ3v) is 12.9. The molecule has 0 atom stereocenters. The number of methoxy groups -OCH3 is 1. The van der Waals surface area contributed by atoms with Crippen molar-refractivity contribution in [3.05, 3.63) is 299 Å². The molecule has 10 aromatic rings. The first-order valence-corrected chi connectivity index (χ1v) is 23.8. The van der Waals surface area contributed by atoms with Crippen LogP contribution in [-0.2, 0) is 27.3 Å². The fourth-order valence-corrected chi connectivity index (χ4v) is 9.60. The molecule has 1 N–H and O–H groups in total. The van der Waals surface area contributed by atoms with Crippen molar-refractivity contribution in [3.8, 4) is 17.1 Å². The highest BCUT2D eigenvalue weighted by molar-refractivity contribution is 6.05. The Bertz CT molecular complexity index is 3190. The number of imidazole rings is 1. The lowest BCUT2D eigenvalue weighted by molar-refractivity contribution is -0.0286. The third-order valence-electron chi connectivity index (χ3n) is 12.9. The zero-order chi connectivity index (χ0) is 48.5. The minimum atomic E-state index is -1.14. The fourth-order valence-electron chi connectivity index (χ4n) is 9.60. The molecular weight excluding hydrogens is 877 g/mol. The number of carbonyl (C=O) groups excluding carboxylic acids is 1. The number of hydrogen-bond donors (Lipinski definition) is 1. The molecule has 71 heavy (non-hydrogen) atoms. The van der Waals surface area contributed by atoms with Gasteiger partial charge in [-0.3, -0.25) is 9.40 Å². The first kappa shape index (κ1) is 45.9. The normalized spacial score (nSPS) is 11.8. The van der Waals surface area contributed by atoms with Gasteiger partial charge in [-0.15, -0.1) is 0 Å². The predicted octanol–water partition coefficient (Wildman–Crippen LogP) is 13.2. The number of carbonyl (C=O) groups is 1. The number of esters is 1. The summed E-state index contributed by atoms with van der Waals surface area (Å²) in [7, 11) is 1.39. The van der Waals surface area contributed by atoms with E-state index in [1.54, 1.807) is 12.1 Å². The number of rotatable bonds is 16. The number of aliphatic imine (C=N–C) groups is 1. The highest BCUT2D eigenvalue weighted by Crippen LogP contribution is 2.43. The predicted molar refractivity (Wildman–Crippen MR) is 282 cm³/mol. The summed E-state index contributed by atoms with van der Waals surface area (Å²) in [4.78, 5) is 31.3. The van der Waals surface area contributed by atoms with Gasteiger partial charge in [-0.05, 0) is 69.1 Å². The molecule has 9 aromatic carbocycles. The summed E-state index contributed by atoms with van der Waals surface area (Å²) in [5.41, 5.74) is 12.6. The Morgan fingerprint density at radius 1 is 0.535 bits per heavy atom. The number of aromatic nitrogens is 2. The van der Waals surface area contributed by atoms with Gasteiger partial charge in [0.15, 0.2) is 11.4 Å². The van der Waals surface area contributed by atoms with E-state index in [1.165, 1.54) is 7.11 Å². The SMILES string of the molecule is CCOc1nc2cccc(C(=O)OC)c2n1Cc1ccc(-c2ccccc2C(=NC(c2ccccc2)(c2ccccc2)c2ccccc2)NOC(c2ccccc2)(c2ccccc2)c2ccccc2)cc1. The van der Waals surface area contributed by atoms with Crippen LogP contribution < -0.4 is 10.2 Å². The van der Waals surface area contributed by atoms with Gasteiger partial charge < -0.3 is 9.47 Å². The average molecular weight is 929 g/mol. The van der Waals surface area contributed by atoms with Gasteiger partial charge in [-0.2, -0.15) is 4.98 Å². The van der Waals surface area contributed by atoms with Crippen molar-refractivity contribution in [2.24, 2.45) is 4.99 Å². The number of ether oxygens (including phenoxy) is 2. The number of hydroxylamine groups is 1.